The van der Waals surface area contributed by atoms with E-state index >= 15 is 0 Å². The Labute approximate surface area is 150 Å². The third kappa shape index (κ3) is 3.33. The van der Waals surface area contributed by atoms with Crippen molar-refractivity contribution in [2.75, 3.05) is 37.6 Å². The predicted molar refractivity (Wildman–Crippen MR) is 96.6 cm³/mol. The van der Waals surface area contributed by atoms with Crippen LogP contribution in [0.3, 0.4) is 0 Å². The summed E-state index contributed by atoms with van der Waals surface area (Å²) in [5, 5.41) is 5.99. The number of thiazole rings is 1. The fourth-order valence-corrected chi connectivity index (χ4v) is 4.11. The number of hydrogen-bond acceptors (Lipinski definition) is 4. The fraction of sp³-hybridized carbons (Fsp3) is 0.444. The molecular weight excluding hydrogens is 339 g/mol. The molecule has 1 N–H and O–H groups in total. The summed E-state index contributed by atoms with van der Waals surface area (Å²) in [5.41, 5.74) is 0.507. The number of carbonyl (C=O) groups is 1. The van der Waals surface area contributed by atoms with Crippen molar-refractivity contribution in [2.45, 2.75) is 18.3 Å². The van der Waals surface area contributed by atoms with E-state index in [4.69, 9.17) is 0 Å². The maximum atomic E-state index is 14.0. The lowest BCUT2D eigenvalue weighted by atomic mass is 9.95. The largest absolute Gasteiger partial charge is 0.345 e. The maximum Gasteiger partial charge on any atom is 0.317 e. The van der Waals surface area contributed by atoms with Gasteiger partial charge in [-0.25, -0.2) is 14.2 Å². The Morgan fingerprint density at radius 2 is 2.00 bits per heavy atom. The van der Waals surface area contributed by atoms with Gasteiger partial charge in [0.05, 0.1) is 0 Å². The van der Waals surface area contributed by atoms with Crippen molar-refractivity contribution >= 4 is 22.5 Å². The highest BCUT2D eigenvalue weighted by Crippen LogP contribution is 2.48. The van der Waals surface area contributed by atoms with Gasteiger partial charge < -0.3 is 15.1 Å². The maximum absolute atomic E-state index is 14.0. The zero-order valence-electron chi connectivity index (χ0n) is 13.9. The summed E-state index contributed by atoms with van der Waals surface area (Å²) in [6.45, 7) is 3.44. The zero-order valence-corrected chi connectivity index (χ0v) is 14.8. The summed E-state index contributed by atoms with van der Waals surface area (Å²) < 4.78 is 14.0. The molecule has 1 saturated carbocycles. The molecule has 0 unspecified atom stereocenters. The van der Waals surface area contributed by atoms with Crippen molar-refractivity contribution < 1.29 is 9.18 Å². The minimum absolute atomic E-state index is 0.0543. The van der Waals surface area contributed by atoms with Gasteiger partial charge in [0.15, 0.2) is 5.13 Å². The lowest BCUT2D eigenvalue weighted by Gasteiger charge is -2.34. The second kappa shape index (κ2) is 6.63. The quantitative estimate of drug-likeness (QED) is 0.912. The molecule has 7 heteroatoms. The first-order chi connectivity index (χ1) is 12.2. The molecule has 4 rings (SSSR count). The van der Waals surface area contributed by atoms with Crippen LogP contribution in [0.15, 0.2) is 35.8 Å². The van der Waals surface area contributed by atoms with Crippen LogP contribution in [0.25, 0.3) is 0 Å². The highest BCUT2D eigenvalue weighted by molar-refractivity contribution is 7.13. The summed E-state index contributed by atoms with van der Waals surface area (Å²) in [7, 11) is 0. The Bertz CT molecular complexity index is 739. The molecular formula is C18H21FN4OS. The lowest BCUT2D eigenvalue weighted by Crippen LogP contribution is -2.52. The van der Waals surface area contributed by atoms with Crippen LogP contribution in [0.1, 0.15) is 18.4 Å². The Balaban J connectivity index is 1.31. The van der Waals surface area contributed by atoms with Gasteiger partial charge in [-0.2, -0.15) is 0 Å². The molecule has 1 aromatic heterocycles. The Morgan fingerprint density at radius 1 is 1.24 bits per heavy atom. The SMILES string of the molecule is O=C(NCC1(c2ccccc2F)CC1)N1CCN(c2nccs2)CC1. The van der Waals surface area contributed by atoms with E-state index in [-0.39, 0.29) is 17.3 Å². The van der Waals surface area contributed by atoms with Crippen molar-refractivity contribution in [3.05, 3.63) is 47.2 Å². The molecule has 132 valence electrons. The van der Waals surface area contributed by atoms with Gasteiger partial charge >= 0.3 is 6.03 Å². The first-order valence-electron chi connectivity index (χ1n) is 8.60. The van der Waals surface area contributed by atoms with Crippen LogP contribution in [-0.2, 0) is 5.41 Å². The molecule has 1 aliphatic carbocycles. The van der Waals surface area contributed by atoms with E-state index < -0.39 is 0 Å². The van der Waals surface area contributed by atoms with Crippen LogP contribution in [0, 0.1) is 5.82 Å². The topological polar surface area (TPSA) is 48.5 Å². The number of rotatable bonds is 4. The van der Waals surface area contributed by atoms with Gasteiger partial charge in [-0.05, 0) is 24.5 Å². The standard InChI is InChI=1S/C18H21FN4OS/c19-15-4-2-1-3-14(15)18(5-6-18)13-21-16(24)22-8-10-23(11-9-22)17-20-7-12-25-17/h1-4,7,12H,5-6,8-11,13H2,(H,21,24). The molecule has 2 aromatic rings. The third-order valence-electron chi connectivity index (χ3n) is 5.13. The molecule has 25 heavy (non-hydrogen) atoms. The summed E-state index contributed by atoms with van der Waals surface area (Å²) in [6, 6.07) is 6.84. The van der Waals surface area contributed by atoms with Crippen LogP contribution >= 0.6 is 11.3 Å². The van der Waals surface area contributed by atoms with E-state index in [1.54, 1.807) is 23.6 Å². The van der Waals surface area contributed by atoms with Crippen molar-refractivity contribution in [3.8, 4) is 0 Å². The van der Waals surface area contributed by atoms with Gasteiger partial charge in [0, 0.05) is 49.7 Å². The van der Waals surface area contributed by atoms with E-state index in [0.29, 0.717) is 19.6 Å². The highest BCUT2D eigenvalue weighted by Gasteiger charge is 2.46. The lowest BCUT2D eigenvalue weighted by molar-refractivity contribution is 0.193. The van der Waals surface area contributed by atoms with E-state index in [9.17, 15) is 9.18 Å². The third-order valence-corrected chi connectivity index (χ3v) is 5.97. The molecule has 5 nitrogen and oxygen atoms in total. The molecule has 2 fully saturated rings. The van der Waals surface area contributed by atoms with Crippen LogP contribution < -0.4 is 10.2 Å². The second-order valence-electron chi connectivity index (χ2n) is 6.71. The van der Waals surface area contributed by atoms with E-state index in [2.05, 4.69) is 15.2 Å². The minimum atomic E-state index is -0.219. The average molecular weight is 360 g/mol. The van der Waals surface area contributed by atoms with E-state index in [1.807, 2.05) is 22.4 Å². The molecule has 2 aliphatic rings. The zero-order chi connectivity index (χ0) is 17.3. The number of aromatic nitrogens is 1. The van der Waals surface area contributed by atoms with Gasteiger partial charge in [-0.1, -0.05) is 18.2 Å². The molecule has 0 atom stereocenters. The van der Waals surface area contributed by atoms with Gasteiger partial charge in [0.25, 0.3) is 0 Å². The molecule has 1 saturated heterocycles. The number of halogens is 1. The van der Waals surface area contributed by atoms with Gasteiger partial charge in [-0.15, -0.1) is 11.3 Å². The molecule has 0 radical (unpaired) electrons. The van der Waals surface area contributed by atoms with Crippen molar-refractivity contribution in [1.82, 2.24) is 15.2 Å². The number of piperazine rings is 1. The highest BCUT2D eigenvalue weighted by atomic mass is 32.1. The Kier molecular flexibility index (Phi) is 4.33. The monoisotopic (exact) mass is 360 g/mol. The Hall–Kier alpha value is -2.15. The van der Waals surface area contributed by atoms with Crippen molar-refractivity contribution in [3.63, 3.8) is 0 Å². The molecule has 0 spiro atoms. The number of nitrogens with one attached hydrogen (secondary N) is 1. The van der Waals surface area contributed by atoms with Crippen molar-refractivity contribution in [1.29, 1.82) is 0 Å². The number of amides is 2. The summed E-state index contributed by atoms with van der Waals surface area (Å²) in [5.74, 6) is -0.175. The van der Waals surface area contributed by atoms with Gasteiger partial charge in [0.2, 0.25) is 0 Å². The molecule has 0 bridgehead atoms. The molecule has 2 heterocycles. The van der Waals surface area contributed by atoms with Crippen molar-refractivity contribution in [2.24, 2.45) is 0 Å². The summed E-state index contributed by atoms with van der Waals surface area (Å²) in [6.07, 6.45) is 3.65. The normalized spacial score (nSPS) is 18.9. The van der Waals surface area contributed by atoms with Gasteiger partial charge in [0.1, 0.15) is 5.82 Å². The molecule has 2 amide bonds. The number of benzene rings is 1. The van der Waals surface area contributed by atoms with E-state index in [1.165, 1.54) is 6.07 Å². The first kappa shape index (κ1) is 16.3. The summed E-state index contributed by atoms with van der Waals surface area (Å²) >= 11 is 1.62. The second-order valence-corrected chi connectivity index (χ2v) is 7.58. The summed E-state index contributed by atoms with van der Waals surface area (Å²) in [4.78, 5) is 20.8. The minimum Gasteiger partial charge on any atom is -0.345 e. The van der Waals surface area contributed by atoms with E-state index in [0.717, 1.165) is 36.6 Å². The molecule has 1 aromatic carbocycles. The van der Waals surface area contributed by atoms with Gasteiger partial charge in [-0.3, -0.25) is 0 Å². The average Bonchev–Trinajstić information content (AvgIpc) is 3.22. The first-order valence-corrected chi connectivity index (χ1v) is 9.48. The molecule has 1 aliphatic heterocycles. The van der Waals surface area contributed by atoms with Crippen LogP contribution in [-0.4, -0.2) is 48.6 Å². The number of nitrogens with zero attached hydrogens (tertiary/aromatic N) is 3. The number of hydrogen-bond donors (Lipinski definition) is 1. The fourth-order valence-electron chi connectivity index (χ4n) is 3.41. The number of urea groups is 1. The predicted octanol–water partition coefficient (Wildman–Crippen LogP) is 2.85. The van der Waals surface area contributed by atoms with Crippen LogP contribution in [0.2, 0.25) is 0 Å². The number of carbonyl (C=O) groups excluding carboxylic acids is 1. The number of anilines is 1. The smallest absolute Gasteiger partial charge is 0.317 e. The van der Waals surface area contributed by atoms with Crippen LogP contribution in [0.5, 0.6) is 0 Å². The Morgan fingerprint density at radius 3 is 2.64 bits per heavy atom. The van der Waals surface area contributed by atoms with Crippen LogP contribution in [0.4, 0.5) is 14.3 Å².